The van der Waals surface area contributed by atoms with Crippen LogP contribution < -0.4 is 5.32 Å². The highest BCUT2D eigenvalue weighted by atomic mass is 35.5. The van der Waals surface area contributed by atoms with Gasteiger partial charge in [-0.1, -0.05) is 29.8 Å². The lowest BCUT2D eigenvalue weighted by molar-refractivity contribution is 0.0943. The Hall–Kier alpha value is -1.84. The number of hydrogen-bond donors (Lipinski definition) is 1. The van der Waals surface area contributed by atoms with Crippen LogP contribution in [0.25, 0.3) is 11.1 Å². The zero-order valence-electron chi connectivity index (χ0n) is 13.0. The standard InChI is InChI=1S/C18H20ClNO2/c1-12(2)20-18(21)14-6-9-17(15(10-14)11-22-3)13-4-7-16(19)8-5-13/h4-10,12H,11H2,1-3H3,(H,20,21). The van der Waals surface area contributed by atoms with Crippen molar-refractivity contribution < 1.29 is 9.53 Å². The normalized spacial score (nSPS) is 10.8. The third-order valence-corrected chi connectivity index (χ3v) is 3.49. The molecule has 1 amide bonds. The highest BCUT2D eigenvalue weighted by Gasteiger charge is 2.12. The molecule has 0 spiro atoms. The van der Waals surface area contributed by atoms with E-state index in [1.54, 1.807) is 7.11 Å². The quantitative estimate of drug-likeness (QED) is 0.893. The summed E-state index contributed by atoms with van der Waals surface area (Å²) in [5.41, 5.74) is 3.70. The maximum Gasteiger partial charge on any atom is 0.251 e. The average molecular weight is 318 g/mol. The second-order valence-electron chi connectivity index (χ2n) is 5.44. The first-order valence-electron chi connectivity index (χ1n) is 7.20. The van der Waals surface area contributed by atoms with Crippen LogP contribution in [0.1, 0.15) is 29.8 Å². The lowest BCUT2D eigenvalue weighted by Crippen LogP contribution is -2.30. The van der Waals surface area contributed by atoms with Crippen LogP contribution in [0.3, 0.4) is 0 Å². The zero-order chi connectivity index (χ0) is 16.1. The van der Waals surface area contributed by atoms with Gasteiger partial charge in [0.25, 0.3) is 5.91 Å². The monoisotopic (exact) mass is 317 g/mol. The SMILES string of the molecule is COCc1cc(C(=O)NC(C)C)ccc1-c1ccc(Cl)cc1. The van der Waals surface area contributed by atoms with E-state index in [9.17, 15) is 4.79 Å². The summed E-state index contributed by atoms with van der Waals surface area (Å²) in [5, 5.41) is 3.60. The van der Waals surface area contributed by atoms with E-state index in [0.717, 1.165) is 16.7 Å². The highest BCUT2D eigenvalue weighted by Crippen LogP contribution is 2.27. The number of carbonyl (C=O) groups excluding carboxylic acids is 1. The van der Waals surface area contributed by atoms with E-state index in [0.29, 0.717) is 17.2 Å². The molecule has 0 aliphatic carbocycles. The van der Waals surface area contributed by atoms with E-state index >= 15 is 0 Å². The van der Waals surface area contributed by atoms with Gasteiger partial charge < -0.3 is 10.1 Å². The van der Waals surface area contributed by atoms with E-state index in [-0.39, 0.29) is 11.9 Å². The maximum absolute atomic E-state index is 12.1. The number of amides is 1. The molecule has 22 heavy (non-hydrogen) atoms. The Morgan fingerprint density at radius 3 is 2.45 bits per heavy atom. The van der Waals surface area contributed by atoms with Crippen LogP contribution in [0.15, 0.2) is 42.5 Å². The van der Waals surface area contributed by atoms with Gasteiger partial charge in [-0.2, -0.15) is 0 Å². The molecule has 0 bridgehead atoms. The minimum atomic E-state index is -0.0741. The number of rotatable bonds is 5. The number of benzene rings is 2. The molecule has 1 N–H and O–H groups in total. The molecule has 0 unspecified atom stereocenters. The van der Waals surface area contributed by atoms with E-state index in [1.807, 2.05) is 56.3 Å². The summed E-state index contributed by atoms with van der Waals surface area (Å²) in [5.74, 6) is -0.0741. The summed E-state index contributed by atoms with van der Waals surface area (Å²) >= 11 is 5.94. The van der Waals surface area contributed by atoms with Crippen LogP contribution in [0.5, 0.6) is 0 Å². The third kappa shape index (κ3) is 4.09. The van der Waals surface area contributed by atoms with Gasteiger partial charge in [0.1, 0.15) is 0 Å². The molecule has 2 aromatic carbocycles. The van der Waals surface area contributed by atoms with Crippen molar-refractivity contribution in [2.75, 3.05) is 7.11 Å². The Morgan fingerprint density at radius 1 is 1.18 bits per heavy atom. The molecular weight excluding hydrogens is 298 g/mol. The number of carbonyl (C=O) groups is 1. The van der Waals surface area contributed by atoms with E-state index in [2.05, 4.69) is 5.32 Å². The molecule has 2 rings (SSSR count). The molecule has 0 aliphatic heterocycles. The summed E-state index contributed by atoms with van der Waals surface area (Å²) in [7, 11) is 1.65. The fourth-order valence-corrected chi connectivity index (χ4v) is 2.39. The summed E-state index contributed by atoms with van der Waals surface area (Å²) in [6.07, 6.45) is 0. The Kier molecular flexibility index (Phi) is 5.58. The van der Waals surface area contributed by atoms with Gasteiger partial charge in [-0.3, -0.25) is 4.79 Å². The first kappa shape index (κ1) is 16.5. The van der Waals surface area contributed by atoms with Gasteiger partial charge >= 0.3 is 0 Å². The number of hydrogen-bond acceptors (Lipinski definition) is 2. The molecule has 0 aromatic heterocycles. The van der Waals surface area contributed by atoms with Crippen molar-refractivity contribution in [1.29, 1.82) is 0 Å². The van der Waals surface area contributed by atoms with Gasteiger partial charge in [-0.15, -0.1) is 0 Å². The smallest absolute Gasteiger partial charge is 0.251 e. The fourth-order valence-electron chi connectivity index (χ4n) is 2.27. The first-order chi connectivity index (χ1) is 10.5. The molecule has 2 aromatic rings. The van der Waals surface area contributed by atoms with Crippen molar-refractivity contribution in [3.05, 3.63) is 58.6 Å². The summed E-state index contributed by atoms with van der Waals surface area (Å²) < 4.78 is 5.27. The van der Waals surface area contributed by atoms with Crippen molar-refractivity contribution in [2.45, 2.75) is 26.5 Å². The summed E-state index contributed by atoms with van der Waals surface area (Å²) in [6.45, 7) is 4.33. The zero-order valence-corrected chi connectivity index (χ0v) is 13.8. The summed E-state index contributed by atoms with van der Waals surface area (Å²) in [6, 6.07) is 13.4. The van der Waals surface area contributed by atoms with Crippen LogP contribution in [-0.4, -0.2) is 19.1 Å². The predicted octanol–water partition coefficient (Wildman–Crippen LogP) is 4.29. The maximum atomic E-state index is 12.1. The van der Waals surface area contributed by atoms with Crippen molar-refractivity contribution in [3.63, 3.8) is 0 Å². The lowest BCUT2D eigenvalue weighted by atomic mass is 9.97. The number of nitrogens with one attached hydrogen (secondary N) is 1. The van der Waals surface area contributed by atoms with Crippen LogP contribution in [0.4, 0.5) is 0 Å². The van der Waals surface area contributed by atoms with Crippen molar-refractivity contribution in [2.24, 2.45) is 0 Å². The number of ether oxygens (including phenoxy) is 1. The molecule has 3 nitrogen and oxygen atoms in total. The molecule has 4 heteroatoms. The Bertz CT molecular complexity index is 651. The van der Waals surface area contributed by atoms with Gasteiger partial charge in [-0.25, -0.2) is 0 Å². The second kappa shape index (κ2) is 7.43. The average Bonchev–Trinajstić information content (AvgIpc) is 2.48. The van der Waals surface area contributed by atoms with Crippen molar-refractivity contribution in [1.82, 2.24) is 5.32 Å². The largest absolute Gasteiger partial charge is 0.380 e. The molecule has 0 radical (unpaired) electrons. The van der Waals surface area contributed by atoms with Crippen molar-refractivity contribution in [3.8, 4) is 11.1 Å². The van der Waals surface area contributed by atoms with Crippen LogP contribution in [-0.2, 0) is 11.3 Å². The third-order valence-electron chi connectivity index (χ3n) is 3.24. The van der Waals surface area contributed by atoms with Crippen LogP contribution in [0, 0.1) is 0 Å². The van der Waals surface area contributed by atoms with Gasteiger partial charge in [0, 0.05) is 23.7 Å². The lowest BCUT2D eigenvalue weighted by Gasteiger charge is -2.13. The molecule has 0 aliphatic rings. The molecule has 116 valence electrons. The van der Waals surface area contributed by atoms with Gasteiger partial charge in [-0.05, 0) is 54.8 Å². The topological polar surface area (TPSA) is 38.3 Å². The Morgan fingerprint density at radius 2 is 1.86 bits per heavy atom. The minimum absolute atomic E-state index is 0.0741. The van der Waals surface area contributed by atoms with Gasteiger partial charge in [0.15, 0.2) is 0 Å². The molecular formula is C18H20ClNO2. The predicted molar refractivity (Wildman–Crippen MR) is 90.2 cm³/mol. The molecule has 0 saturated heterocycles. The molecule has 0 heterocycles. The molecule has 0 saturated carbocycles. The molecule has 0 atom stereocenters. The fraction of sp³-hybridized carbons (Fsp3) is 0.278. The van der Waals surface area contributed by atoms with Gasteiger partial charge in [0.05, 0.1) is 6.61 Å². The number of halogens is 1. The highest BCUT2D eigenvalue weighted by molar-refractivity contribution is 6.30. The summed E-state index contributed by atoms with van der Waals surface area (Å²) in [4.78, 5) is 12.1. The second-order valence-corrected chi connectivity index (χ2v) is 5.88. The Labute approximate surface area is 136 Å². The van der Waals surface area contributed by atoms with E-state index < -0.39 is 0 Å². The molecule has 0 fully saturated rings. The van der Waals surface area contributed by atoms with E-state index in [4.69, 9.17) is 16.3 Å². The first-order valence-corrected chi connectivity index (χ1v) is 7.57. The van der Waals surface area contributed by atoms with Gasteiger partial charge in [0.2, 0.25) is 0 Å². The van der Waals surface area contributed by atoms with Crippen LogP contribution >= 0.6 is 11.6 Å². The van der Waals surface area contributed by atoms with Crippen LogP contribution in [0.2, 0.25) is 5.02 Å². The Balaban J connectivity index is 2.39. The minimum Gasteiger partial charge on any atom is -0.380 e. The van der Waals surface area contributed by atoms with Crippen molar-refractivity contribution >= 4 is 17.5 Å². The number of methoxy groups -OCH3 is 1. The van der Waals surface area contributed by atoms with E-state index in [1.165, 1.54) is 0 Å².